The van der Waals surface area contributed by atoms with Gasteiger partial charge in [-0.1, -0.05) is 0 Å². The van der Waals surface area contributed by atoms with Crippen LogP contribution in [0.5, 0.6) is 0 Å². The van der Waals surface area contributed by atoms with Crippen molar-refractivity contribution < 1.29 is 9.53 Å². The van der Waals surface area contributed by atoms with Crippen LogP contribution in [0.15, 0.2) is 0 Å². The van der Waals surface area contributed by atoms with E-state index in [4.69, 9.17) is 10.5 Å². The van der Waals surface area contributed by atoms with E-state index in [9.17, 15) is 4.79 Å². The topological polar surface area (TPSA) is 58.8 Å². The number of carbonyl (C=O) groups is 1. The Balaban J connectivity index is 1.67. The van der Waals surface area contributed by atoms with Gasteiger partial charge < -0.3 is 20.3 Å². The summed E-state index contributed by atoms with van der Waals surface area (Å²) in [7, 11) is 0. The van der Waals surface area contributed by atoms with Crippen molar-refractivity contribution in [1.29, 1.82) is 0 Å². The smallest absolute Gasteiger partial charge is 0.320 e. The van der Waals surface area contributed by atoms with E-state index >= 15 is 0 Å². The quantitative estimate of drug-likeness (QED) is 0.763. The SMILES string of the molecule is NCCCOC1CCN(C(=O)N2CCCC2)CC1. The number of nitrogens with zero attached hydrogens (tertiary/aromatic N) is 2. The highest BCUT2D eigenvalue weighted by Crippen LogP contribution is 2.17. The summed E-state index contributed by atoms with van der Waals surface area (Å²) >= 11 is 0. The van der Waals surface area contributed by atoms with Crippen LogP contribution in [0.2, 0.25) is 0 Å². The molecule has 2 aliphatic rings. The van der Waals surface area contributed by atoms with Crippen molar-refractivity contribution in [3.8, 4) is 0 Å². The van der Waals surface area contributed by atoms with Gasteiger partial charge in [0.2, 0.25) is 0 Å². The van der Waals surface area contributed by atoms with E-state index in [-0.39, 0.29) is 6.03 Å². The lowest BCUT2D eigenvalue weighted by Gasteiger charge is -2.34. The minimum absolute atomic E-state index is 0.230. The van der Waals surface area contributed by atoms with Gasteiger partial charge in [0.15, 0.2) is 0 Å². The van der Waals surface area contributed by atoms with Crippen LogP contribution in [0.25, 0.3) is 0 Å². The lowest BCUT2D eigenvalue weighted by Crippen LogP contribution is -2.47. The third-order valence-electron chi connectivity index (χ3n) is 3.79. The third kappa shape index (κ3) is 3.59. The molecule has 104 valence electrons. The van der Waals surface area contributed by atoms with Crippen LogP contribution >= 0.6 is 0 Å². The molecule has 0 aromatic heterocycles. The predicted molar refractivity (Wildman–Crippen MR) is 70.4 cm³/mol. The summed E-state index contributed by atoms with van der Waals surface area (Å²) in [6.45, 7) is 4.98. The van der Waals surface area contributed by atoms with Gasteiger partial charge in [0.25, 0.3) is 0 Å². The number of carbonyl (C=O) groups excluding carboxylic acids is 1. The number of piperidine rings is 1. The number of hydrogen-bond donors (Lipinski definition) is 1. The van der Waals surface area contributed by atoms with E-state index in [1.807, 2.05) is 9.80 Å². The Morgan fingerprint density at radius 1 is 1.11 bits per heavy atom. The molecule has 2 saturated heterocycles. The molecule has 2 amide bonds. The van der Waals surface area contributed by atoms with Crippen LogP contribution in [0.3, 0.4) is 0 Å². The molecular formula is C13H25N3O2. The molecule has 0 saturated carbocycles. The number of urea groups is 1. The highest BCUT2D eigenvalue weighted by atomic mass is 16.5. The monoisotopic (exact) mass is 255 g/mol. The Bertz CT molecular complexity index is 259. The van der Waals surface area contributed by atoms with Crippen molar-refractivity contribution in [2.75, 3.05) is 39.3 Å². The molecule has 0 unspecified atom stereocenters. The first-order valence-electron chi connectivity index (χ1n) is 7.17. The highest BCUT2D eigenvalue weighted by molar-refractivity contribution is 5.74. The summed E-state index contributed by atoms with van der Waals surface area (Å²) < 4.78 is 5.75. The van der Waals surface area contributed by atoms with Crippen LogP contribution in [-0.2, 0) is 4.74 Å². The van der Waals surface area contributed by atoms with Crippen LogP contribution in [-0.4, -0.2) is 61.3 Å². The molecule has 0 spiro atoms. The van der Waals surface area contributed by atoms with E-state index in [0.29, 0.717) is 12.6 Å². The zero-order valence-corrected chi connectivity index (χ0v) is 11.1. The number of likely N-dealkylation sites (tertiary alicyclic amines) is 2. The molecule has 0 aromatic rings. The molecule has 2 rings (SSSR count). The van der Waals surface area contributed by atoms with E-state index < -0.39 is 0 Å². The lowest BCUT2D eigenvalue weighted by molar-refractivity contribution is 0.0120. The van der Waals surface area contributed by atoms with Crippen molar-refractivity contribution in [1.82, 2.24) is 9.80 Å². The summed E-state index contributed by atoms with van der Waals surface area (Å²) in [6.07, 6.45) is 5.48. The fraction of sp³-hybridized carbons (Fsp3) is 0.923. The largest absolute Gasteiger partial charge is 0.378 e. The molecule has 0 aromatic carbocycles. The molecule has 0 atom stereocenters. The zero-order valence-electron chi connectivity index (χ0n) is 11.1. The fourth-order valence-corrected chi connectivity index (χ4v) is 2.66. The first kappa shape index (κ1) is 13.6. The minimum atomic E-state index is 0.230. The molecule has 2 fully saturated rings. The fourth-order valence-electron chi connectivity index (χ4n) is 2.66. The van der Waals surface area contributed by atoms with Crippen LogP contribution in [0.1, 0.15) is 32.1 Å². The molecular weight excluding hydrogens is 230 g/mol. The van der Waals surface area contributed by atoms with Crippen molar-refractivity contribution in [3.05, 3.63) is 0 Å². The summed E-state index contributed by atoms with van der Waals surface area (Å²) in [5.41, 5.74) is 5.44. The maximum Gasteiger partial charge on any atom is 0.320 e. The second-order valence-corrected chi connectivity index (χ2v) is 5.18. The maximum atomic E-state index is 12.2. The van der Waals surface area contributed by atoms with Crippen LogP contribution < -0.4 is 5.73 Å². The first-order chi connectivity index (χ1) is 8.81. The standard InChI is InChI=1S/C13H25N3O2/c14-6-3-11-18-12-4-9-16(10-5-12)13(17)15-7-1-2-8-15/h12H,1-11,14H2. The summed E-state index contributed by atoms with van der Waals surface area (Å²) in [4.78, 5) is 16.1. The predicted octanol–water partition coefficient (Wildman–Crippen LogP) is 1.03. The lowest BCUT2D eigenvalue weighted by atomic mass is 10.1. The number of nitrogens with two attached hydrogens (primary N) is 1. The number of hydrogen-bond acceptors (Lipinski definition) is 3. The van der Waals surface area contributed by atoms with Crippen LogP contribution in [0, 0.1) is 0 Å². The summed E-state index contributed by atoms with van der Waals surface area (Å²) in [6, 6.07) is 0.230. The first-order valence-corrected chi connectivity index (χ1v) is 7.17. The minimum Gasteiger partial charge on any atom is -0.378 e. The van der Waals surface area contributed by atoms with Crippen molar-refractivity contribution >= 4 is 6.03 Å². The number of amides is 2. The average molecular weight is 255 g/mol. The van der Waals surface area contributed by atoms with Gasteiger partial charge in [0, 0.05) is 32.8 Å². The van der Waals surface area contributed by atoms with Gasteiger partial charge in [0.05, 0.1) is 6.10 Å². The van der Waals surface area contributed by atoms with E-state index in [0.717, 1.165) is 64.9 Å². The molecule has 5 heteroatoms. The second-order valence-electron chi connectivity index (χ2n) is 5.18. The Labute approximate surface area is 109 Å². The Hall–Kier alpha value is -0.810. The Kier molecular flexibility index (Phi) is 5.26. The van der Waals surface area contributed by atoms with Gasteiger partial charge in [-0.3, -0.25) is 0 Å². The molecule has 0 radical (unpaired) electrons. The highest BCUT2D eigenvalue weighted by Gasteiger charge is 2.27. The molecule has 0 bridgehead atoms. The van der Waals surface area contributed by atoms with E-state index in [2.05, 4.69) is 0 Å². The maximum absolute atomic E-state index is 12.2. The number of ether oxygens (including phenoxy) is 1. The summed E-state index contributed by atoms with van der Waals surface area (Å²) in [5.74, 6) is 0. The molecule has 5 nitrogen and oxygen atoms in total. The van der Waals surface area contributed by atoms with Crippen molar-refractivity contribution in [2.24, 2.45) is 5.73 Å². The van der Waals surface area contributed by atoms with Crippen molar-refractivity contribution in [3.63, 3.8) is 0 Å². The average Bonchev–Trinajstić information content (AvgIpc) is 2.93. The summed E-state index contributed by atoms with van der Waals surface area (Å²) in [5, 5.41) is 0. The molecule has 18 heavy (non-hydrogen) atoms. The van der Waals surface area contributed by atoms with E-state index in [1.54, 1.807) is 0 Å². The molecule has 2 N–H and O–H groups in total. The Morgan fingerprint density at radius 2 is 1.72 bits per heavy atom. The van der Waals surface area contributed by atoms with Gasteiger partial charge in [-0.05, 0) is 38.6 Å². The molecule has 2 aliphatic heterocycles. The third-order valence-corrected chi connectivity index (χ3v) is 3.79. The molecule has 0 aliphatic carbocycles. The van der Waals surface area contributed by atoms with E-state index in [1.165, 1.54) is 0 Å². The number of rotatable bonds is 4. The van der Waals surface area contributed by atoms with Crippen molar-refractivity contribution in [2.45, 2.75) is 38.2 Å². The molecule has 2 heterocycles. The van der Waals surface area contributed by atoms with Gasteiger partial charge in [-0.15, -0.1) is 0 Å². The van der Waals surface area contributed by atoms with Crippen LogP contribution in [0.4, 0.5) is 4.79 Å². The zero-order chi connectivity index (χ0) is 12.8. The van der Waals surface area contributed by atoms with Gasteiger partial charge in [0.1, 0.15) is 0 Å². The van der Waals surface area contributed by atoms with Gasteiger partial charge in [-0.25, -0.2) is 4.79 Å². The normalized spacial score (nSPS) is 21.6. The Morgan fingerprint density at radius 3 is 2.33 bits per heavy atom. The van der Waals surface area contributed by atoms with Gasteiger partial charge in [-0.2, -0.15) is 0 Å². The second kappa shape index (κ2) is 6.95. The van der Waals surface area contributed by atoms with Gasteiger partial charge >= 0.3 is 6.03 Å².